The zero-order chi connectivity index (χ0) is 18.5. The Morgan fingerprint density at radius 2 is 2.08 bits per heavy atom. The van der Waals surface area contributed by atoms with Gasteiger partial charge in [-0.05, 0) is 62.8 Å². The normalized spacial score (nSPS) is 18.4. The Bertz CT molecular complexity index is 586. The summed E-state index contributed by atoms with van der Waals surface area (Å²) < 4.78 is 5.09. The number of benzene rings is 1. The minimum Gasteiger partial charge on any atom is -0.444 e. The molecule has 0 saturated carbocycles. The predicted octanol–water partition coefficient (Wildman–Crippen LogP) is 4.64. The highest BCUT2D eigenvalue weighted by Crippen LogP contribution is 2.53. The lowest BCUT2D eigenvalue weighted by atomic mass is 10.0. The minimum absolute atomic E-state index is 0.136. The zero-order valence-corrected chi connectivity index (χ0v) is 17.3. The zero-order valence-electron chi connectivity index (χ0n) is 14.9. The van der Waals surface area contributed by atoms with Crippen LogP contribution in [0.25, 0.3) is 0 Å². The van der Waals surface area contributed by atoms with E-state index < -0.39 is 11.7 Å². The molecular weight excluding hydrogens is 378 g/mol. The third-order valence-corrected chi connectivity index (χ3v) is 7.35. The Labute approximate surface area is 163 Å². The number of alkyl carbamates (subject to hydrolysis) is 1. The highest BCUT2D eigenvalue weighted by molar-refractivity contribution is 8.18. The van der Waals surface area contributed by atoms with Gasteiger partial charge in [0.2, 0.25) is 0 Å². The van der Waals surface area contributed by atoms with Crippen LogP contribution in [0, 0.1) is 0 Å². The molecule has 1 aliphatic rings. The van der Waals surface area contributed by atoms with Gasteiger partial charge in [-0.15, -0.1) is 23.5 Å². The van der Waals surface area contributed by atoms with Crippen LogP contribution in [0.15, 0.2) is 24.3 Å². The van der Waals surface area contributed by atoms with Crippen molar-refractivity contribution >= 4 is 41.2 Å². The first kappa shape index (κ1) is 20.7. The van der Waals surface area contributed by atoms with Gasteiger partial charge in [-0.3, -0.25) is 0 Å². The van der Waals surface area contributed by atoms with Gasteiger partial charge in [0.05, 0.1) is 16.7 Å². The second kappa shape index (κ2) is 8.89. The Balaban J connectivity index is 2.16. The van der Waals surface area contributed by atoms with Crippen LogP contribution >= 0.6 is 35.1 Å². The van der Waals surface area contributed by atoms with E-state index in [0.29, 0.717) is 11.4 Å². The van der Waals surface area contributed by atoms with E-state index in [9.17, 15) is 9.90 Å². The van der Waals surface area contributed by atoms with Crippen molar-refractivity contribution in [3.05, 3.63) is 34.9 Å². The van der Waals surface area contributed by atoms with Gasteiger partial charge in [-0.2, -0.15) is 0 Å². The van der Waals surface area contributed by atoms with E-state index in [1.165, 1.54) is 0 Å². The Hall–Kier alpha value is -0.560. The maximum atomic E-state index is 12.1. The van der Waals surface area contributed by atoms with E-state index in [1.807, 2.05) is 62.5 Å². The first-order chi connectivity index (χ1) is 11.7. The fourth-order valence-corrected chi connectivity index (χ4v) is 6.33. The largest absolute Gasteiger partial charge is 0.444 e. The molecule has 0 unspecified atom stereocenters. The number of carbonyl (C=O) groups is 1. The molecule has 1 aromatic carbocycles. The van der Waals surface area contributed by atoms with E-state index in [4.69, 9.17) is 16.3 Å². The quantitative estimate of drug-likeness (QED) is 0.750. The minimum atomic E-state index is -0.566. The number of aliphatic hydroxyl groups is 1. The first-order valence-corrected chi connectivity index (χ1v) is 10.7. The fourth-order valence-electron chi connectivity index (χ4n) is 2.66. The summed E-state index contributed by atoms with van der Waals surface area (Å²) in [4.78, 5) is 12.1. The predicted molar refractivity (Wildman–Crippen MR) is 108 cm³/mol. The summed E-state index contributed by atoms with van der Waals surface area (Å²) in [5, 5.41) is 13.3. The summed E-state index contributed by atoms with van der Waals surface area (Å²) in [6.45, 7) is 5.32. The molecule has 2 N–H and O–H groups in total. The van der Waals surface area contributed by atoms with Crippen LogP contribution in [0.5, 0.6) is 0 Å². The number of hydrogen-bond donors (Lipinski definition) is 2. The highest BCUT2D eigenvalue weighted by atomic mass is 35.5. The van der Waals surface area contributed by atoms with Gasteiger partial charge in [-0.25, -0.2) is 4.79 Å². The highest BCUT2D eigenvalue weighted by Gasteiger charge is 2.38. The van der Waals surface area contributed by atoms with Crippen molar-refractivity contribution in [2.45, 2.75) is 49.3 Å². The van der Waals surface area contributed by atoms with Gasteiger partial charge in [0.25, 0.3) is 0 Å². The summed E-state index contributed by atoms with van der Waals surface area (Å²) in [6.07, 6.45) is 1.26. The number of nitrogens with one attached hydrogen (secondary N) is 1. The molecule has 0 aromatic heterocycles. The molecule has 1 amide bonds. The molecular formula is C18H26ClNO3S2. The van der Waals surface area contributed by atoms with Crippen LogP contribution in [0.3, 0.4) is 0 Å². The maximum Gasteiger partial charge on any atom is 0.407 e. The van der Waals surface area contributed by atoms with Crippen molar-refractivity contribution in [3.8, 4) is 0 Å². The van der Waals surface area contributed by atoms with Gasteiger partial charge < -0.3 is 15.2 Å². The van der Waals surface area contributed by atoms with E-state index in [0.717, 1.165) is 23.5 Å². The maximum absolute atomic E-state index is 12.1. The molecule has 4 nitrogen and oxygen atoms in total. The lowest BCUT2D eigenvalue weighted by molar-refractivity contribution is 0.0478. The molecule has 1 aromatic rings. The summed E-state index contributed by atoms with van der Waals surface area (Å²) >= 11 is 9.91. The second-order valence-electron chi connectivity index (χ2n) is 7.04. The Kier molecular flexibility index (Phi) is 7.38. The van der Waals surface area contributed by atoms with Gasteiger partial charge >= 0.3 is 6.09 Å². The lowest BCUT2D eigenvalue weighted by Gasteiger charge is -2.39. The molecule has 1 fully saturated rings. The molecule has 1 heterocycles. The van der Waals surface area contributed by atoms with Crippen molar-refractivity contribution in [2.75, 3.05) is 18.1 Å². The smallest absolute Gasteiger partial charge is 0.407 e. The number of ether oxygens (including phenoxy) is 1. The molecule has 1 atom stereocenters. The summed E-state index contributed by atoms with van der Waals surface area (Å²) in [6, 6.07) is 7.48. The summed E-state index contributed by atoms with van der Waals surface area (Å²) in [5.74, 6) is 2.09. The van der Waals surface area contributed by atoms with Crippen LogP contribution in [-0.2, 0) is 8.82 Å². The SMILES string of the molecule is CC(C)(C)OC(=O)N[C@@H](CO)CC1(c2cccc(Cl)c2)SCCCS1. The van der Waals surface area contributed by atoms with Gasteiger partial charge in [0, 0.05) is 5.02 Å². The number of rotatable bonds is 5. The average molecular weight is 404 g/mol. The van der Waals surface area contributed by atoms with Gasteiger partial charge in [-0.1, -0.05) is 23.7 Å². The molecule has 1 aliphatic heterocycles. The third-order valence-electron chi connectivity index (χ3n) is 3.68. The molecule has 2 rings (SSSR count). The van der Waals surface area contributed by atoms with Crippen LogP contribution in [0.4, 0.5) is 4.79 Å². The van der Waals surface area contributed by atoms with Crippen molar-refractivity contribution < 1.29 is 14.6 Å². The molecule has 0 aliphatic carbocycles. The molecule has 0 bridgehead atoms. The molecule has 25 heavy (non-hydrogen) atoms. The molecule has 0 spiro atoms. The number of amides is 1. The third kappa shape index (κ3) is 6.27. The number of carbonyl (C=O) groups excluding carboxylic acids is 1. The van der Waals surface area contributed by atoms with E-state index >= 15 is 0 Å². The monoisotopic (exact) mass is 403 g/mol. The topological polar surface area (TPSA) is 58.6 Å². The van der Waals surface area contributed by atoms with Crippen LogP contribution in [-0.4, -0.2) is 41.0 Å². The van der Waals surface area contributed by atoms with Crippen LogP contribution in [0.1, 0.15) is 39.2 Å². The van der Waals surface area contributed by atoms with Crippen molar-refractivity contribution in [2.24, 2.45) is 0 Å². The van der Waals surface area contributed by atoms with Gasteiger partial charge in [0.15, 0.2) is 0 Å². The molecule has 140 valence electrons. The van der Waals surface area contributed by atoms with E-state index in [-0.39, 0.29) is 16.7 Å². The van der Waals surface area contributed by atoms with Crippen molar-refractivity contribution in [1.82, 2.24) is 5.32 Å². The van der Waals surface area contributed by atoms with Crippen LogP contribution < -0.4 is 5.32 Å². The number of thioether (sulfide) groups is 2. The van der Waals surface area contributed by atoms with Crippen molar-refractivity contribution in [3.63, 3.8) is 0 Å². The van der Waals surface area contributed by atoms with Gasteiger partial charge in [0.1, 0.15) is 5.60 Å². The average Bonchev–Trinajstić information content (AvgIpc) is 2.53. The fraction of sp³-hybridized carbons (Fsp3) is 0.611. The lowest BCUT2D eigenvalue weighted by Crippen LogP contribution is -2.44. The van der Waals surface area contributed by atoms with Crippen molar-refractivity contribution in [1.29, 1.82) is 0 Å². The molecule has 7 heteroatoms. The standard InChI is InChI=1S/C18H26ClNO3S2/c1-17(2,3)23-16(22)20-15(12-21)11-18(24-8-5-9-25-18)13-6-4-7-14(19)10-13/h4,6-7,10,15,21H,5,8-9,11-12H2,1-3H3,(H,20,22)/t15-/m1/s1. The van der Waals surface area contributed by atoms with E-state index in [2.05, 4.69) is 11.4 Å². The van der Waals surface area contributed by atoms with E-state index in [1.54, 1.807) is 0 Å². The number of aliphatic hydroxyl groups excluding tert-OH is 1. The molecule has 1 saturated heterocycles. The summed E-state index contributed by atoms with van der Waals surface area (Å²) in [7, 11) is 0. The number of hydrogen-bond acceptors (Lipinski definition) is 5. The first-order valence-electron chi connectivity index (χ1n) is 8.38. The Morgan fingerprint density at radius 3 is 2.64 bits per heavy atom. The van der Waals surface area contributed by atoms with Crippen LogP contribution in [0.2, 0.25) is 5.02 Å². The Morgan fingerprint density at radius 1 is 1.40 bits per heavy atom. The number of halogens is 1. The molecule has 0 radical (unpaired) electrons. The second-order valence-corrected chi connectivity index (χ2v) is 10.5. The summed E-state index contributed by atoms with van der Waals surface area (Å²) in [5.41, 5.74) is 0.558.